The molecule has 0 fully saturated rings. The first-order valence-electron chi connectivity index (χ1n) is 9.96. The van der Waals surface area contributed by atoms with Gasteiger partial charge in [0.05, 0.1) is 23.4 Å². The number of nitrogens with zero attached hydrogens (tertiary/aromatic N) is 3. The molecule has 1 aliphatic rings. The van der Waals surface area contributed by atoms with Crippen molar-refractivity contribution in [3.05, 3.63) is 62.9 Å². The van der Waals surface area contributed by atoms with Crippen LogP contribution in [0.5, 0.6) is 5.75 Å². The molecule has 31 heavy (non-hydrogen) atoms. The maximum Gasteiger partial charge on any atom is 0.325 e. The van der Waals surface area contributed by atoms with Gasteiger partial charge >= 0.3 is 11.3 Å². The molecule has 2 aromatic carbocycles. The van der Waals surface area contributed by atoms with Crippen LogP contribution in [0.4, 0.5) is 5.69 Å². The van der Waals surface area contributed by atoms with Crippen molar-refractivity contribution in [2.45, 2.75) is 32.1 Å². The molecule has 0 bridgehead atoms. The lowest BCUT2D eigenvalue weighted by Crippen LogP contribution is -2.60. The van der Waals surface area contributed by atoms with Crippen molar-refractivity contribution in [2.75, 3.05) is 17.3 Å². The van der Waals surface area contributed by atoms with Gasteiger partial charge in [-0.05, 0) is 47.7 Å². The van der Waals surface area contributed by atoms with E-state index in [0.717, 1.165) is 15.8 Å². The van der Waals surface area contributed by atoms with Crippen molar-refractivity contribution in [3.8, 4) is 17.0 Å². The number of anilines is 1. The van der Waals surface area contributed by atoms with Crippen LogP contribution < -0.4 is 19.9 Å². The van der Waals surface area contributed by atoms with E-state index in [-0.39, 0.29) is 11.5 Å². The van der Waals surface area contributed by atoms with Gasteiger partial charge in [0.15, 0.2) is 0 Å². The highest BCUT2D eigenvalue weighted by molar-refractivity contribution is 9.10. The molecule has 7 nitrogen and oxygen atoms in total. The van der Waals surface area contributed by atoms with E-state index in [4.69, 9.17) is 9.84 Å². The summed E-state index contributed by atoms with van der Waals surface area (Å²) < 4.78 is 8.14. The predicted octanol–water partition coefficient (Wildman–Crippen LogP) is 3.91. The minimum atomic E-state index is -0.657. The molecule has 3 aromatic rings. The lowest BCUT2D eigenvalue weighted by molar-refractivity contribution is -0.763. The van der Waals surface area contributed by atoms with Crippen molar-refractivity contribution in [1.82, 2.24) is 10.1 Å². The third-order valence-corrected chi connectivity index (χ3v) is 6.40. The Balaban J connectivity index is 2.06. The first-order chi connectivity index (χ1) is 15.0. The summed E-state index contributed by atoms with van der Waals surface area (Å²) in [6.45, 7) is 5.94. The fraction of sp³-hybridized carbons (Fsp3) is 0.273. The first-order valence-corrected chi connectivity index (χ1v) is 11.7. The lowest BCUT2D eigenvalue weighted by atomic mass is 10.0. The van der Waals surface area contributed by atoms with E-state index in [0.29, 0.717) is 34.5 Å². The summed E-state index contributed by atoms with van der Waals surface area (Å²) in [4.78, 5) is 30.6. The largest absolute Gasteiger partial charge is 0.494 e. The number of benzene rings is 2. The Hall–Kier alpha value is -2.65. The van der Waals surface area contributed by atoms with Crippen LogP contribution in [-0.4, -0.2) is 28.3 Å². The maximum absolute atomic E-state index is 13.2. The van der Waals surface area contributed by atoms with Crippen molar-refractivity contribution < 1.29 is 14.2 Å². The number of carbonyl (C=O) groups excluding carboxylic acids is 1. The van der Waals surface area contributed by atoms with Crippen molar-refractivity contribution >= 4 is 39.3 Å². The van der Waals surface area contributed by atoms with Crippen molar-refractivity contribution in [3.63, 3.8) is 0 Å². The number of rotatable bonds is 5. The van der Waals surface area contributed by atoms with Crippen LogP contribution in [0, 0.1) is 0 Å². The van der Waals surface area contributed by atoms with Crippen LogP contribution in [0.15, 0.2) is 56.9 Å². The monoisotopic (exact) mass is 501 g/mol. The summed E-state index contributed by atoms with van der Waals surface area (Å²) in [6, 6.07) is 13.0. The molecule has 1 N–H and O–H groups in total. The van der Waals surface area contributed by atoms with Gasteiger partial charge in [-0.3, -0.25) is 14.6 Å². The normalized spacial score (nSPS) is 14.7. The Kier molecular flexibility index (Phi) is 6.15. The highest BCUT2D eigenvalue weighted by Gasteiger charge is 2.45. The Morgan fingerprint density at radius 3 is 2.77 bits per heavy atom. The Bertz CT molecular complexity index is 1210. The number of para-hydroxylation sites is 1. The first kappa shape index (κ1) is 21.6. The number of aromatic amines is 1. The van der Waals surface area contributed by atoms with Gasteiger partial charge in [-0.1, -0.05) is 46.7 Å². The Labute approximate surface area is 192 Å². The SMILES string of the molecule is CCOc1ccc(Br)c(C2N(C(C)=O)c3ccccc3-c3c(=O)[nH]c(SCC)n[n+]32)c1. The molecule has 2 heterocycles. The minimum absolute atomic E-state index is 0.156. The average molecular weight is 502 g/mol. The zero-order chi connectivity index (χ0) is 22.1. The summed E-state index contributed by atoms with van der Waals surface area (Å²) in [5.41, 5.74) is 2.26. The molecule has 160 valence electrons. The molecule has 0 saturated heterocycles. The molecule has 0 spiro atoms. The quantitative estimate of drug-likeness (QED) is 0.423. The zero-order valence-electron chi connectivity index (χ0n) is 17.4. The van der Waals surface area contributed by atoms with E-state index >= 15 is 0 Å². The van der Waals surface area contributed by atoms with Gasteiger partial charge in [0.1, 0.15) is 5.75 Å². The number of ether oxygens (including phenoxy) is 1. The lowest BCUT2D eigenvalue weighted by Gasteiger charge is -2.31. The fourth-order valence-corrected chi connectivity index (χ4v) is 4.81. The summed E-state index contributed by atoms with van der Waals surface area (Å²) in [6.07, 6.45) is -0.657. The molecule has 1 unspecified atom stereocenters. The third kappa shape index (κ3) is 3.87. The van der Waals surface area contributed by atoms with Crippen LogP contribution in [0.25, 0.3) is 11.3 Å². The summed E-state index contributed by atoms with van der Waals surface area (Å²) in [5, 5.41) is 5.24. The molecular formula is C22H22BrN4O3S+. The summed E-state index contributed by atoms with van der Waals surface area (Å²) in [7, 11) is 0. The Morgan fingerprint density at radius 2 is 2.06 bits per heavy atom. The number of H-pyrrole nitrogens is 1. The second-order valence-corrected chi connectivity index (χ2v) is 8.99. The van der Waals surface area contributed by atoms with Crippen LogP contribution in [0.3, 0.4) is 0 Å². The van der Waals surface area contributed by atoms with E-state index in [9.17, 15) is 9.59 Å². The number of hydrogen-bond donors (Lipinski definition) is 1. The molecule has 0 saturated carbocycles. The average Bonchev–Trinajstić information content (AvgIpc) is 2.74. The second kappa shape index (κ2) is 8.84. The van der Waals surface area contributed by atoms with Crippen LogP contribution in [0.2, 0.25) is 0 Å². The van der Waals surface area contributed by atoms with Gasteiger partial charge in [0.25, 0.3) is 6.17 Å². The molecule has 9 heteroatoms. The fourth-order valence-electron chi connectivity index (χ4n) is 3.77. The molecule has 1 atom stereocenters. The molecule has 0 aliphatic carbocycles. The van der Waals surface area contributed by atoms with E-state index in [1.165, 1.54) is 18.7 Å². The zero-order valence-corrected chi connectivity index (χ0v) is 19.8. The number of halogens is 1. The molecule has 4 rings (SSSR count). The van der Waals surface area contributed by atoms with E-state index in [1.807, 2.05) is 56.3 Å². The number of hydrogen-bond acceptors (Lipinski definition) is 5. The van der Waals surface area contributed by atoms with Gasteiger partial charge in [-0.15, -0.1) is 0 Å². The van der Waals surface area contributed by atoms with Crippen molar-refractivity contribution in [2.24, 2.45) is 0 Å². The Morgan fingerprint density at radius 1 is 1.29 bits per heavy atom. The standard InChI is InChI=1S/C22H21BrN4O3S/c1-4-30-14-10-11-17(23)16(12-14)21-26(13(3)28)18-9-7-6-8-15(18)19-20(29)24-22(31-5-2)25-27(19)21/h6-12,21H,4-5H2,1-3H3/p+1. The molecule has 0 radical (unpaired) electrons. The minimum Gasteiger partial charge on any atom is -0.494 e. The van der Waals surface area contributed by atoms with E-state index in [2.05, 4.69) is 20.9 Å². The summed E-state index contributed by atoms with van der Waals surface area (Å²) in [5.74, 6) is 1.28. The smallest absolute Gasteiger partial charge is 0.325 e. The number of nitrogens with one attached hydrogen (secondary N) is 1. The molecular weight excluding hydrogens is 480 g/mol. The third-order valence-electron chi connectivity index (χ3n) is 4.94. The molecule has 1 aliphatic heterocycles. The number of carbonyl (C=O) groups is 1. The molecule has 1 amide bonds. The van der Waals surface area contributed by atoms with Gasteiger partial charge < -0.3 is 4.74 Å². The van der Waals surface area contributed by atoms with Crippen LogP contribution in [0.1, 0.15) is 32.5 Å². The number of thioether (sulfide) groups is 1. The topological polar surface area (TPSA) is 79.2 Å². The van der Waals surface area contributed by atoms with E-state index < -0.39 is 6.17 Å². The second-order valence-electron chi connectivity index (χ2n) is 6.88. The highest BCUT2D eigenvalue weighted by atomic mass is 79.9. The van der Waals surface area contributed by atoms with Gasteiger partial charge in [-0.25, -0.2) is 4.90 Å². The summed E-state index contributed by atoms with van der Waals surface area (Å²) >= 11 is 5.07. The number of amides is 1. The van der Waals surface area contributed by atoms with E-state index in [1.54, 1.807) is 9.58 Å². The van der Waals surface area contributed by atoms with Crippen LogP contribution >= 0.6 is 27.7 Å². The number of fused-ring (bicyclic) bond motifs is 3. The van der Waals surface area contributed by atoms with Crippen molar-refractivity contribution in [1.29, 1.82) is 0 Å². The van der Waals surface area contributed by atoms with Gasteiger partial charge in [0, 0.05) is 16.5 Å². The number of aromatic nitrogens is 3. The van der Waals surface area contributed by atoms with Gasteiger partial charge in [-0.2, -0.15) is 0 Å². The van der Waals surface area contributed by atoms with Crippen LogP contribution in [-0.2, 0) is 4.79 Å². The predicted molar refractivity (Wildman–Crippen MR) is 123 cm³/mol. The highest BCUT2D eigenvalue weighted by Crippen LogP contribution is 2.39. The van der Waals surface area contributed by atoms with Gasteiger partial charge in [0.2, 0.25) is 11.1 Å². The maximum atomic E-state index is 13.2. The molecule has 1 aromatic heterocycles.